The lowest BCUT2D eigenvalue weighted by atomic mass is 10.2. The molecule has 33 heavy (non-hydrogen) atoms. The van der Waals surface area contributed by atoms with Crippen molar-refractivity contribution in [1.82, 2.24) is 0 Å². The van der Waals surface area contributed by atoms with Gasteiger partial charge in [-0.15, -0.1) is 5.11 Å². The number of nitrogens with one attached hydrogen (secondary N) is 1. The van der Waals surface area contributed by atoms with Gasteiger partial charge >= 0.3 is 0 Å². The Morgan fingerprint density at radius 3 is 1.45 bits per heavy atom. The van der Waals surface area contributed by atoms with Crippen molar-refractivity contribution in [3.63, 3.8) is 0 Å². The van der Waals surface area contributed by atoms with Gasteiger partial charge in [-0.25, -0.2) is 9.98 Å². The lowest BCUT2D eigenvalue weighted by Gasteiger charge is -2.04. The van der Waals surface area contributed by atoms with Gasteiger partial charge in [-0.2, -0.15) is 0 Å². The molecule has 0 radical (unpaired) electrons. The lowest BCUT2D eigenvalue weighted by Crippen LogP contribution is -2.12. The van der Waals surface area contributed by atoms with Crippen LogP contribution in [0.25, 0.3) is 0 Å². The first-order valence-electron chi connectivity index (χ1n) is 10.3. The fourth-order valence-electron chi connectivity index (χ4n) is 2.97. The molecule has 5 N–H and O–H groups in total. The molecule has 7 heteroatoms. The molecule has 0 aliphatic rings. The van der Waals surface area contributed by atoms with E-state index in [9.17, 15) is 0 Å². The summed E-state index contributed by atoms with van der Waals surface area (Å²) >= 11 is 0. The minimum absolute atomic E-state index is 0.443. The molecular weight excluding hydrogens is 410 g/mol. The predicted molar refractivity (Wildman–Crippen MR) is 135 cm³/mol. The second-order valence-electron chi connectivity index (χ2n) is 7.10. The average Bonchev–Trinajstić information content (AvgIpc) is 2.86. The normalized spacial score (nSPS) is 12.1. The van der Waals surface area contributed by atoms with Crippen LogP contribution in [0.3, 0.4) is 0 Å². The lowest BCUT2D eigenvalue weighted by molar-refractivity contribution is 1.13. The summed E-state index contributed by atoms with van der Waals surface area (Å²) in [6, 6.07) is 34.0. The van der Waals surface area contributed by atoms with E-state index in [1.165, 1.54) is 0 Å². The van der Waals surface area contributed by atoms with E-state index >= 15 is 0 Å². The van der Waals surface area contributed by atoms with Gasteiger partial charge < -0.3 is 11.5 Å². The molecule has 7 nitrogen and oxygen atoms in total. The number of benzene rings is 4. The third-order valence-electron chi connectivity index (χ3n) is 4.70. The number of anilines is 1. The molecule has 4 aromatic carbocycles. The van der Waals surface area contributed by atoms with Crippen LogP contribution in [0.5, 0.6) is 0 Å². The van der Waals surface area contributed by atoms with Crippen LogP contribution in [0.15, 0.2) is 130 Å². The molecule has 0 amide bonds. The number of para-hydroxylation sites is 2. The summed E-state index contributed by atoms with van der Waals surface area (Å²) in [5.74, 6) is 0.891. The molecule has 0 aromatic heterocycles. The zero-order valence-electron chi connectivity index (χ0n) is 17.8. The summed E-state index contributed by atoms with van der Waals surface area (Å²) in [4.78, 5) is 8.83. The second-order valence-corrected chi connectivity index (χ2v) is 7.10. The highest BCUT2D eigenvalue weighted by molar-refractivity contribution is 5.99. The molecule has 4 aromatic rings. The number of hydrogen-bond acceptors (Lipinski definition) is 4. The largest absolute Gasteiger partial charge is 0.383 e. The van der Waals surface area contributed by atoms with E-state index in [4.69, 9.17) is 11.5 Å². The van der Waals surface area contributed by atoms with Crippen molar-refractivity contribution in [2.45, 2.75) is 0 Å². The Balaban J connectivity index is 1.35. The van der Waals surface area contributed by atoms with Gasteiger partial charge in [-0.3, -0.25) is 5.43 Å². The van der Waals surface area contributed by atoms with Crippen LogP contribution in [0.4, 0.5) is 22.7 Å². The van der Waals surface area contributed by atoms with Crippen molar-refractivity contribution in [3.05, 3.63) is 120 Å². The van der Waals surface area contributed by atoms with E-state index in [1.807, 2.05) is 109 Å². The number of aliphatic imine (C=N–C) groups is 2. The van der Waals surface area contributed by atoms with Crippen LogP contribution < -0.4 is 16.9 Å². The van der Waals surface area contributed by atoms with Crippen LogP contribution in [0.2, 0.25) is 0 Å². The third-order valence-corrected chi connectivity index (χ3v) is 4.70. The van der Waals surface area contributed by atoms with E-state index in [0.29, 0.717) is 17.4 Å². The quantitative estimate of drug-likeness (QED) is 0.146. The summed E-state index contributed by atoms with van der Waals surface area (Å²) in [5.41, 5.74) is 19.8. The minimum atomic E-state index is 0.443. The monoisotopic (exact) mass is 433 g/mol. The first-order valence-corrected chi connectivity index (χ1v) is 10.3. The smallest absolute Gasteiger partial charge is 0.131 e. The van der Waals surface area contributed by atoms with Crippen LogP contribution in [-0.4, -0.2) is 11.7 Å². The minimum Gasteiger partial charge on any atom is -0.383 e. The van der Waals surface area contributed by atoms with Crippen LogP contribution in [0, 0.1) is 0 Å². The molecule has 0 aliphatic carbocycles. The standard InChI is InChI=1S/C26H23N7/c27-25(29-21-7-3-1-4-8-21)19-11-15-23(16-12-19)31-33-32-24-17-13-20(14-18-24)26(28)30-22-9-5-2-6-10-22/h1-18H,(H2,27,29)(H2,28,30)(H,31,32). The second kappa shape index (κ2) is 10.5. The SMILES string of the molecule is NC(=Nc1ccccc1)c1ccc(N=NNc2ccc(C(N)=Nc3ccccc3)cc2)cc1. The molecule has 0 spiro atoms. The predicted octanol–water partition coefficient (Wildman–Crippen LogP) is 5.87. The Bertz CT molecular complexity index is 1260. The molecule has 0 fully saturated rings. The fourth-order valence-corrected chi connectivity index (χ4v) is 2.97. The molecule has 0 saturated heterocycles. The molecule has 0 heterocycles. The number of nitrogens with two attached hydrogens (primary N) is 2. The van der Waals surface area contributed by atoms with Gasteiger partial charge in [0.25, 0.3) is 0 Å². The highest BCUT2D eigenvalue weighted by Crippen LogP contribution is 2.17. The van der Waals surface area contributed by atoms with Gasteiger partial charge in [-0.1, -0.05) is 41.6 Å². The summed E-state index contributed by atoms with van der Waals surface area (Å²) in [6.45, 7) is 0. The molecule has 0 unspecified atom stereocenters. The number of nitrogens with zero attached hydrogens (tertiary/aromatic N) is 4. The van der Waals surface area contributed by atoms with Crippen LogP contribution in [-0.2, 0) is 0 Å². The maximum Gasteiger partial charge on any atom is 0.131 e. The molecular formula is C26H23N7. The summed E-state index contributed by atoms with van der Waals surface area (Å²) < 4.78 is 0. The molecule has 0 aliphatic heterocycles. The number of amidine groups is 2. The van der Waals surface area contributed by atoms with E-state index in [0.717, 1.165) is 28.2 Å². The van der Waals surface area contributed by atoms with Crippen molar-refractivity contribution < 1.29 is 0 Å². The van der Waals surface area contributed by atoms with Gasteiger partial charge in [0.05, 0.1) is 22.7 Å². The number of hydrogen-bond donors (Lipinski definition) is 3. The van der Waals surface area contributed by atoms with E-state index < -0.39 is 0 Å². The Labute approximate surface area is 192 Å². The van der Waals surface area contributed by atoms with E-state index in [2.05, 4.69) is 25.7 Å². The zero-order chi connectivity index (χ0) is 22.9. The maximum atomic E-state index is 6.10. The maximum absolute atomic E-state index is 6.10. The van der Waals surface area contributed by atoms with E-state index in [-0.39, 0.29) is 0 Å². The van der Waals surface area contributed by atoms with Crippen molar-refractivity contribution in [1.29, 1.82) is 0 Å². The Morgan fingerprint density at radius 2 is 0.970 bits per heavy atom. The molecule has 0 saturated carbocycles. The Morgan fingerprint density at radius 1 is 0.515 bits per heavy atom. The van der Waals surface area contributed by atoms with Gasteiger partial charge in [-0.05, 0) is 72.8 Å². The Kier molecular flexibility index (Phi) is 6.82. The number of rotatable bonds is 7. The topological polar surface area (TPSA) is 114 Å². The molecule has 162 valence electrons. The average molecular weight is 434 g/mol. The molecule has 4 rings (SSSR count). The summed E-state index contributed by atoms with van der Waals surface area (Å²) in [6.07, 6.45) is 0. The first-order chi connectivity index (χ1) is 16.2. The zero-order valence-corrected chi connectivity index (χ0v) is 17.8. The van der Waals surface area contributed by atoms with Gasteiger partial charge in [0.15, 0.2) is 0 Å². The van der Waals surface area contributed by atoms with Crippen molar-refractivity contribution in [2.24, 2.45) is 31.8 Å². The van der Waals surface area contributed by atoms with Gasteiger partial charge in [0, 0.05) is 11.1 Å². The Hall–Kier alpha value is -4.78. The summed E-state index contributed by atoms with van der Waals surface area (Å²) in [5, 5.41) is 8.23. The first kappa shape index (κ1) is 21.5. The van der Waals surface area contributed by atoms with Crippen molar-refractivity contribution in [2.75, 3.05) is 5.43 Å². The van der Waals surface area contributed by atoms with Gasteiger partial charge in [0.1, 0.15) is 11.7 Å². The van der Waals surface area contributed by atoms with Crippen molar-refractivity contribution in [3.8, 4) is 0 Å². The third kappa shape index (κ3) is 6.11. The molecule has 0 bridgehead atoms. The highest BCUT2D eigenvalue weighted by Gasteiger charge is 2.01. The summed E-state index contributed by atoms with van der Waals surface area (Å²) in [7, 11) is 0. The van der Waals surface area contributed by atoms with E-state index in [1.54, 1.807) is 0 Å². The van der Waals surface area contributed by atoms with Crippen LogP contribution >= 0.6 is 0 Å². The van der Waals surface area contributed by atoms with Crippen LogP contribution in [0.1, 0.15) is 11.1 Å². The van der Waals surface area contributed by atoms with Crippen molar-refractivity contribution >= 4 is 34.4 Å². The fraction of sp³-hybridized carbons (Fsp3) is 0. The molecule has 0 atom stereocenters. The highest BCUT2D eigenvalue weighted by atomic mass is 15.4. The van der Waals surface area contributed by atoms with Gasteiger partial charge in [0.2, 0.25) is 0 Å².